The molecule has 3 N–H and O–H groups in total. The zero-order valence-corrected chi connectivity index (χ0v) is 11.6. The van der Waals surface area contributed by atoms with Crippen molar-refractivity contribution >= 4 is 0 Å². The molecule has 0 heterocycles. The molecule has 0 radical (unpaired) electrons. The Morgan fingerprint density at radius 3 is 2.30 bits per heavy atom. The van der Waals surface area contributed by atoms with Gasteiger partial charge in [0.25, 0.3) is 0 Å². The van der Waals surface area contributed by atoms with Gasteiger partial charge in [-0.05, 0) is 36.3 Å². The zero-order valence-electron chi connectivity index (χ0n) is 11.6. The van der Waals surface area contributed by atoms with Gasteiger partial charge in [-0.2, -0.15) is 13.2 Å². The second kappa shape index (κ2) is 6.14. The summed E-state index contributed by atoms with van der Waals surface area (Å²) in [5, 5.41) is 0. The fourth-order valence-corrected chi connectivity index (χ4v) is 3.13. The van der Waals surface area contributed by atoms with Crippen LogP contribution in [0.4, 0.5) is 13.2 Å². The van der Waals surface area contributed by atoms with E-state index in [9.17, 15) is 13.2 Å². The summed E-state index contributed by atoms with van der Waals surface area (Å²) in [6, 6.07) is 5.29. The Morgan fingerprint density at radius 1 is 1.15 bits per heavy atom. The van der Waals surface area contributed by atoms with Crippen LogP contribution in [0.15, 0.2) is 24.3 Å². The molecule has 0 saturated heterocycles. The van der Waals surface area contributed by atoms with E-state index >= 15 is 0 Å². The molecule has 0 bridgehead atoms. The van der Waals surface area contributed by atoms with Crippen molar-refractivity contribution in [2.45, 2.75) is 44.8 Å². The molecule has 5 heteroatoms. The van der Waals surface area contributed by atoms with Crippen molar-refractivity contribution in [2.75, 3.05) is 0 Å². The largest absolute Gasteiger partial charge is 0.416 e. The minimum absolute atomic E-state index is 0.166. The standard InChI is InChI=1S/C15H21F3N2/c1-10-6-8-11(9-7-10)14(20-19)12-4-2-3-5-13(12)15(16,17)18/h2-5,10-11,14,20H,6-9,19H2,1H3. The third kappa shape index (κ3) is 3.33. The Morgan fingerprint density at radius 2 is 1.75 bits per heavy atom. The molecule has 112 valence electrons. The van der Waals surface area contributed by atoms with Gasteiger partial charge < -0.3 is 0 Å². The van der Waals surface area contributed by atoms with Gasteiger partial charge in [-0.25, -0.2) is 0 Å². The summed E-state index contributed by atoms with van der Waals surface area (Å²) in [7, 11) is 0. The predicted molar refractivity (Wildman–Crippen MR) is 72.6 cm³/mol. The molecule has 0 aliphatic heterocycles. The lowest BCUT2D eigenvalue weighted by Crippen LogP contribution is -2.36. The van der Waals surface area contributed by atoms with E-state index in [2.05, 4.69) is 12.3 Å². The molecule has 1 fully saturated rings. The van der Waals surface area contributed by atoms with Crippen LogP contribution in [-0.2, 0) is 6.18 Å². The third-order valence-electron chi connectivity index (χ3n) is 4.31. The Labute approximate surface area is 117 Å². The molecule has 2 nitrogen and oxygen atoms in total. The summed E-state index contributed by atoms with van der Waals surface area (Å²) >= 11 is 0. The van der Waals surface area contributed by atoms with Crippen molar-refractivity contribution in [2.24, 2.45) is 17.7 Å². The lowest BCUT2D eigenvalue weighted by Gasteiger charge is -2.33. The highest BCUT2D eigenvalue weighted by Crippen LogP contribution is 2.41. The van der Waals surface area contributed by atoms with Crippen molar-refractivity contribution < 1.29 is 13.2 Å². The Kier molecular flexibility index (Phi) is 4.70. The van der Waals surface area contributed by atoms with E-state index in [-0.39, 0.29) is 11.5 Å². The van der Waals surface area contributed by atoms with Crippen molar-refractivity contribution in [3.63, 3.8) is 0 Å². The van der Waals surface area contributed by atoms with Crippen molar-refractivity contribution in [1.82, 2.24) is 5.43 Å². The fraction of sp³-hybridized carbons (Fsp3) is 0.600. The van der Waals surface area contributed by atoms with Gasteiger partial charge in [-0.3, -0.25) is 11.3 Å². The minimum Gasteiger partial charge on any atom is -0.271 e. The van der Waals surface area contributed by atoms with Crippen LogP contribution in [0.1, 0.15) is 49.8 Å². The Bertz CT molecular complexity index is 437. The van der Waals surface area contributed by atoms with Gasteiger partial charge >= 0.3 is 6.18 Å². The van der Waals surface area contributed by atoms with E-state index in [1.54, 1.807) is 6.07 Å². The van der Waals surface area contributed by atoms with Gasteiger partial charge in [0.15, 0.2) is 0 Å². The van der Waals surface area contributed by atoms with E-state index in [0.29, 0.717) is 5.92 Å². The van der Waals surface area contributed by atoms with Crippen LogP contribution in [0.3, 0.4) is 0 Å². The quantitative estimate of drug-likeness (QED) is 0.650. The van der Waals surface area contributed by atoms with Crippen LogP contribution in [-0.4, -0.2) is 0 Å². The molecule has 0 aromatic heterocycles. The lowest BCUT2D eigenvalue weighted by atomic mass is 9.77. The van der Waals surface area contributed by atoms with E-state index in [1.807, 2.05) is 0 Å². The first-order chi connectivity index (χ1) is 9.43. The topological polar surface area (TPSA) is 38.0 Å². The predicted octanol–water partition coefficient (Wildman–Crippen LogP) is 4.04. The number of rotatable bonds is 3. The average Bonchev–Trinajstić information content (AvgIpc) is 2.41. The van der Waals surface area contributed by atoms with E-state index in [1.165, 1.54) is 12.1 Å². The highest BCUT2D eigenvalue weighted by molar-refractivity contribution is 5.32. The maximum atomic E-state index is 13.1. The summed E-state index contributed by atoms with van der Waals surface area (Å²) in [5.74, 6) is 6.39. The lowest BCUT2D eigenvalue weighted by molar-refractivity contribution is -0.138. The van der Waals surface area contributed by atoms with E-state index < -0.39 is 17.8 Å². The minimum atomic E-state index is -4.34. The summed E-state index contributed by atoms with van der Waals surface area (Å²) in [6.07, 6.45) is -0.397. The monoisotopic (exact) mass is 286 g/mol. The molecule has 0 spiro atoms. The van der Waals surface area contributed by atoms with E-state index in [4.69, 9.17) is 5.84 Å². The van der Waals surface area contributed by atoms with Gasteiger partial charge in [0.05, 0.1) is 5.56 Å². The molecule has 1 unspecified atom stereocenters. The first kappa shape index (κ1) is 15.3. The summed E-state index contributed by atoms with van der Waals surface area (Å²) in [5.41, 5.74) is 2.30. The van der Waals surface area contributed by atoms with Crippen molar-refractivity contribution in [3.05, 3.63) is 35.4 Å². The highest BCUT2D eigenvalue weighted by atomic mass is 19.4. The summed E-state index contributed by atoms with van der Waals surface area (Å²) < 4.78 is 39.3. The van der Waals surface area contributed by atoms with Crippen LogP contribution >= 0.6 is 0 Å². The van der Waals surface area contributed by atoms with Gasteiger partial charge in [0.1, 0.15) is 0 Å². The highest BCUT2D eigenvalue weighted by Gasteiger charge is 2.37. The molecule has 1 saturated carbocycles. The molecule has 1 aromatic carbocycles. The smallest absolute Gasteiger partial charge is 0.271 e. The maximum absolute atomic E-state index is 13.1. The van der Waals surface area contributed by atoms with Gasteiger partial charge in [-0.15, -0.1) is 0 Å². The molecular weight excluding hydrogens is 265 g/mol. The molecule has 1 aromatic rings. The third-order valence-corrected chi connectivity index (χ3v) is 4.31. The SMILES string of the molecule is CC1CCC(C(NN)c2ccccc2C(F)(F)F)CC1. The van der Waals surface area contributed by atoms with Crippen LogP contribution < -0.4 is 11.3 Å². The zero-order chi connectivity index (χ0) is 14.8. The fourth-order valence-electron chi connectivity index (χ4n) is 3.13. The maximum Gasteiger partial charge on any atom is 0.416 e. The van der Waals surface area contributed by atoms with Gasteiger partial charge in [0, 0.05) is 6.04 Å². The number of hydrazine groups is 1. The average molecular weight is 286 g/mol. The number of benzene rings is 1. The van der Waals surface area contributed by atoms with Crippen LogP contribution in [0.25, 0.3) is 0 Å². The number of nitrogens with one attached hydrogen (secondary N) is 1. The van der Waals surface area contributed by atoms with E-state index in [0.717, 1.165) is 31.7 Å². The number of alkyl halides is 3. The summed E-state index contributed by atoms with van der Waals surface area (Å²) in [4.78, 5) is 0. The van der Waals surface area contributed by atoms with Crippen molar-refractivity contribution in [1.29, 1.82) is 0 Å². The van der Waals surface area contributed by atoms with Crippen LogP contribution in [0, 0.1) is 11.8 Å². The molecule has 1 aliphatic carbocycles. The molecule has 20 heavy (non-hydrogen) atoms. The number of hydrogen-bond donors (Lipinski definition) is 2. The second-order valence-corrected chi connectivity index (χ2v) is 5.75. The molecular formula is C15H21F3N2. The molecule has 0 amide bonds. The van der Waals surface area contributed by atoms with Crippen LogP contribution in [0.5, 0.6) is 0 Å². The second-order valence-electron chi connectivity index (χ2n) is 5.75. The molecule has 1 atom stereocenters. The Hall–Kier alpha value is -1.07. The molecule has 2 rings (SSSR count). The number of halogens is 3. The Balaban J connectivity index is 2.28. The normalized spacial score (nSPS) is 25.4. The number of hydrogen-bond acceptors (Lipinski definition) is 2. The molecule has 1 aliphatic rings. The van der Waals surface area contributed by atoms with Crippen molar-refractivity contribution in [3.8, 4) is 0 Å². The van der Waals surface area contributed by atoms with Gasteiger partial charge in [-0.1, -0.05) is 38.0 Å². The number of nitrogens with two attached hydrogens (primary N) is 1. The first-order valence-corrected chi connectivity index (χ1v) is 7.05. The van der Waals surface area contributed by atoms with Gasteiger partial charge in [0.2, 0.25) is 0 Å². The van der Waals surface area contributed by atoms with Crippen LogP contribution in [0.2, 0.25) is 0 Å². The summed E-state index contributed by atoms with van der Waals surface area (Å²) in [6.45, 7) is 2.19. The first-order valence-electron chi connectivity index (χ1n) is 7.05.